The van der Waals surface area contributed by atoms with E-state index in [-0.39, 0.29) is 4.45 Å². The number of halogens is 5. The Morgan fingerprint density at radius 3 is 1.75 bits per heavy atom. The van der Waals surface area contributed by atoms with Gasteiger partial charge < -0.3 is 0 Å². The Hall–Kier alpha value is 2.05. The molecule has 0 bridgehead atoms. The van der Waals surface area contributed by atoms with Crippen molar-refractivity contribution in [2.75, 3.05) is 5.33 Å². The molecule has 0 aliphatic carbocycles. The van der Waals surface area contributed by atoms with Crippen LogP contribution in [0.5, 0.6) is 0 Å². The minimum absolute atomic E-state index is 0.0139. The standard InChI is InChI=1S/C2H3Br2Cl3Si/c3-1-2(4)8(5,6)7/h2H,1H2. The first-order valence-corrected chi connectivity index (χ1v) is 8.90. The van der Waals surface area contributed by atoms with Crippen LogP contribution in [0.3, 0.4) is 0 Å². The van der Waals surface area contributed by atoms with Gasteiger partial charge in [-0.25, -0.2) is 0 Å². The van der Waals surface area contributed by atoms with Crippen molar-refractivity contribution in [3.8, 4) is 0 Å². The Bertz CT molecular complexity index is 72.2. The van der Waals surface area contributed by atoms with E-state index in [1.54, 1.807) is 0 Å². The molecule has 1 atom stereocenters. The van der Waals surface area contributed by atoms with Gasteiger partial charge in [-0.05, 0) is 0 Å². The van der Waals surface area contributed by atoms with E-state index >= 15 is 0 Å². The lowest BCUT2D eigenvalue weighted by Gasteiger charge is -2.11. The highest BCUT2D eigenvalue weighted by molar-refractivity contribution is 9.12. The fraction of sp³-hybridized carbons (Fsp3) is 1.00. The van der Waals surface area contributed by atoms with Crippen molar-refractivity contribution in [2.24, 2.45) is 0 Å². The molecule has 50 valence electrons. The van der Waals surface area contributed by atoms with E-state index in [0.717, 1.165) is 0 Å². The summed E-state index contributed by atoms with van der Waals surface area (Å²) in [4.78, 5) is 0. The van der Waals surface area contributed by atoms with Gasteiger partial charge in [0.15, 0.2) is 0 Å². The summed E-state index contributed by atoms with van der Waals surface area (Å²) in [6.45, 7) is 0. The SMILES string of the molecule is Cl[Si](Cl)(Cl)C(Br)CBr. The summed E-state index contributed by atoms with van der Waals surface area (Å²) in [5.41, 5.74) is 0. The van der Waals surface area contributed by atoms with E-state index < -0.39 is 6.00 Å². The van der Waals surface area contributed by atoms with Crippen LogP contribution in [-0.2, 0) is 0 Å². The third-order valence-electron chi connectivity index (χ3n) is 0.491. The maximum absolute atomic E-state index is 5.58. The van der Waals surface area contributed by atoms with Crippen molar-refractivity contribution in [3.05, 3.63) is 0 Å². The summed E-state index contributed by atoms with van der Waals surface area (Å²) in [6, 6.07) is -2.47. The van der Waals surface area contributed by atoms with Crippen LogP contribution in [0.25, 0.3) is 0 Å². The highest BCUT2D eigenvalue weighted by atomic mass is 79.9. The van der Waals surface area contributed by atoms with Gasteiger partial charge in [-0.15, -0.1) is 33.2 Å². The first-order valence-electron chi connectivity index (χ1n) is 1.75. The zero-order chi connectivity index (χ0) is 6.78. The van der Waals surface area contributed by atoms with Crippen LogP contribution in [0.2, 0.25) is 0 Å². The normalized spacial score (nSPS) is 16.1. The van der Waals surface area contributed by atoms with E-state index in [2.05, 4.69) is 31.9 Å². The van der Waals surface area contributed by atoms with E-state index in [4.69, 9.17) is 33.2 Å². The Kier molecular flexibility index (Phi) is 5.07. The van der Waals surface area contributed by atoms with Crippen molar-refractivity contribution >= 4 is 71.1 Å². The smallest absolute Gasteiger partial charge is 0.125 e. The van der Waals surface area contributed by atoms with Crippen LogP contribution in [0, 0.1) is 0 Å². The van der Waals surface area contributed by atoms with Crippen LogP contribution in [0.15, 0.2) is 0 Å². The second-order valence-electron chi connectivity index (χ2n) is 1.16. The van der Waals surface area contributed by atoms with E-state index in [1.807, 2.05) is 0 Å². The first kappa shape index (κ1) is 10.0. The molecule has 0 radical (unpaired) electrons. The molecule has 0 spiro atoms. The van der Waals surface area contributed by atoms with E-state index in [1.165, 1.54) is 0 Å². The molecule has 0 saturated carbocycles. The Balaban J connectivity index is 3.62. The van der Waals surface area contributed by atoms with Crippen molar-refractivity contribution in [3.63, 3.8) is 0 Å². The van der Waals surface area contributed by atoms with Gasteiger partial charge in [0.2, 0.25) is 0 Å². The van der Waals surface area contributed by atoms with Crippen LogP contribution in [0.4, 0.5) is 0 Å². The predicted molar refractivity (Wildman–Crippen MR) is 49.8 cm³/mol. The largest absolute Gasteiger partial charge is 0.355 e. The fourth-order valence-corrected chi connectivity index (χ4v) is 4.09. The maximum atomic E-state index is 5.58. The molecule has 0 aromatic heterocycles. The number of hydrogen-bond donors (Lipinski definition) is 0. The van der Waals surface area contributed by atoms with Gasteiger partial charge in [-0.3, -0.25) is 0 Å². The predicted octanol–water partition coefficient (Wildman–Crippen LogP) is 3.34. The average Bonchev–Trinajstić information content (AvgIpc) is 1.62. The van der Waals surface area contributed by atoms with E-state index in [0.29, 0.717) is 5.33 Å². The molecular formula is C2H3Br2Cl3Si. The quantitative estimate of drug-likeness (QED) is 0.416. The molecule has 0 aliphatic heterocycles. The third-order valence-corrected chi connectivity index (χ3v) is 10.6. The van der Waals surface area contributed by atoms with Gasteiger partial charge >= 0.3 is 6.00 Å². The summed E-state index contributed by atoms with van der Waals surface area (Å²) < 4.78 is 0.0139. The number of hydrogen-bond acceptors (Lipinski definition) is 0. The molecule has 0 heterocycles. The van der Waals surface area contributed by atoms with Crippen LogP contribution >= 0.6 is 65.1 Å². The molecule has 8 heavy (non-hydrogen) atoms. The lowest BCUT2D eigenvalue weighted by Crippen LogP contribution is -2.26. The van der Waals surface area contributed by atoms with Gasteiger partial charge in [-0.1, -0.05) is 31.9 Å². The van der Waals surface area contributed by atoms with E-state index in [9.17, 15) is 0 Å². The molecular weight excluding hydrogens is 318 g/mol. The molecule has 1 unspecified atom stereocenters. The summed E-state index contributed by atoms with van der Waals surface area (Å²) >= 11 is 23.1. The second kappa shape index (κ2) is 4.04. The Labute approximate surface area is 80.2 Å². The summed E-state index contributed by atoms with van der Waals surface area (Å²) in [5, 5.41) is 0.690. The molecule has 0 amide bonds. The zero-order valence-electron chi connectivity index (χ0n) is 3.67. The summed E-state index contributed by atoms with van der Waals surface area (Å²) in [6.07, 6.45) is 0. The topological polar surface area (TPSA) is 0 Å². The molecule has 0 aromatic carbocycles. The van der Waals surface area contributed by atoms with Gasteiger partial charge in [0.05, 0.1) is 4.45 Å². The lowest BCUT2D eigenvalue weighted by atomic mass is 11.0. The molecule has 0 nitrogen and oxygen atoms in total. The van der Waals surface area contributed by atoms with Crippen molar-refractivity contribution in [2.45, 2.75) is 4.45 Å². The van der Waals surface area contributed by atoms with Crippen LogP contribution in [0.1, 0.15) is 0 Å². The highest BCUT2D eigenvalue weighted by Gasteiger charge is 2.33. The highest BCUT2D eigenvalue weighted by Crippen LogP contribution is 2.30. The fourth-order valence-electron chi connectivity index (χ4n) is 0.0875. The monoisotopic (exact) mass is 318 g/mol. The maximum Gasteiger partial charge on any atom is 0.355 e. The van der Waals surface area contributed by atoms with Crippen LogP contribution in [-0.4, -0.2) is 15.8 Å². The second-order valence-corrected chi connectivity index (χ2v) is 12.6. The average molecular weight is 321 g/mol. The number of rotatable bonds is 2. The van der Waals surface area contributed by atoms with Gasteiger partial charge in [0.1, 0.15) is 0 Å². The molecule has 0 rings (SSSR count). The van der Waals surface area contributed by atoms with Crippen molar-refractivity contribution in [1.29, 1.82) is 0 Å². The van der Waals surface area contributed by atoms with Crippen molar-refractivity contribution in [1.82, 2.24) is 0 Å². The minimum atomic E-state index is -2.47. The number of alkyl halides is 2. The van der Waals surface area contributed by atoms with Crippen molar-refractivity contribution < 1.29 is 0 Å². The Morgan fingerprint density at radius 1 is 1.38 bits per heavy atom. The molecule has 6 heteroatoms. The van der Waals surface area contributed by atoms with Gasteiger partial charge in [-0.2, -0.15) is 0 Å². The molecule has 0 N–H and O–H groups in total. The minimum Gasteiger partial charge on any atom is -0.125 e. The molecule has 0 aliphatic rings. The van der Waals surface area contributed by atoms with Gasteiger partial charge in [0.25, 0.3) is 0 Å². The summed E-state index contributed by atoms with van der Waals surface area (Å²) in [5.74, 6) is 0. The molecule has 0 fully saturated rings. The third kappa shape index (κ3) is 3.96. The molecule has 0 aromatic rings. The zero-order valence-corrected chi connectivity index (χ0v) is 10.1. The first-order chi connectivity index (χ1) is 3.48. The lowest BCUT2D eigenvalue weighted by molar-refractivity contribution is 1.46. The van der Waals surface area contributed by atoms with Gasteiger partial charge in [0, 0.05) is 5.33 Å². The Morgan fingerprint density at radius 2 is 1.75 bits per heavy atom. The van der Waals surface area contributed by atoms with Crippen LogP contribution < -0.4 is 0 Å². The molecule has 0 saturated heterocycles. The summed E-state index contributed by atoms with van der Waals surface area (Å²) in [7, 11) is 0.